The van der Waals surface area contributed by atoms with Gasteiger partial charge in [0.1, 0.15) is 24.4 Å². The molecule has 1 rings (SSSR count). The zero-order valence-corrected chi connectivity index (χ0v) is 24.4. The van der Waals surface area contributed by atoms with Crippen LogP contribution in [0.4, 0.5) is 74.6 Å². The summed E-state index contributed by atoms with van der Waals surface area (Å²) in [6.45, 7) is -0.644. The fourth-order valence-corrected chi connectivity index (χ4v) is 4.44. The first kappa shape index (κ1) is 44.6. The predicted octanol–water partition coefficient (Wildman–Crippen LogP) is 6.71. The Hall–Kier alpha value is -1.43. The molecular weight excluding hydrogens is 719 g/mol. The molecule has 0 bridgehead atoms. The second-order valence-electron chi connectivity index (χ2n) is 11.1. The number of aliphatic hydroxyl groups is 4. The van der Waals surface area contributed by atoms with Crippen LogP contribution in [-0.2, 0) is 9.47 Å². The highest BCUT2D eigenvalue weighted by atomic mass is 19.4. The summed E-state index contributed by atoms with van der Waals surface area (Å²) in [7, 11) is 0. The standard InChI is InChI=1S/C25H33F17O6/c26-18(27,19(28,29)20(30,31)21(32,33)22(34,35)23(36,37)24(38,39)25(40,41)42)10-8-6-4-2-1-3-5-7-9-11-47-17-16(46)15(45)14(44)13(12-43)48-17/h13-17,43-46H,1-12H2/t13-,14-,15+,16-,17-/m1/s1. The molecule has 0 saturated carbocycles. The Kier molecular flexibility index (Phi) is 14.7. The summed E-state index contributed by atoms with van der Waals surface area (Å²) in [5.74, 6) is -56.1. The molecule has 0 aromatic rings. The third-order valence-electron chi connectivity index (χ3n) is 7.55. The lowest BCUT2D eigenvalue weighted by molar-refractivity contribution is -0.461. The van der Waals surface area contributed by atoms with Gasteiger partial charge in [0.05, 0.1) is 6.61 Å². The van der Waals surface area contributed by atoms with Crippen LogP contribution in [0.15, 0.2) is 0 Å². The largest absolute Gasteiger partial charge is 0.460 e. The number of rotatable bonds is 20. The third kappa shape index (κ3) is 8.53. The minimum atomic E-state index is -8.63. The lowest BCUT2D eigenvalue weighted by Gasteiger charge is -2.42. The number of ether oxygens (including phenoxy) is 2. The lowest BCUT2D eigenvalue weighted by atomic mass is 9.87. The fourth-order valence-electron chi connectivity index (χ4n) is 4.44. The molecule has 0 aromatic heterocycles. The highest BCUT2D eigenvalue weighted by molar-refractivity contribution is 5.15. The van der Waals surface area contributed by atoms with Gasteiger partial charge in [0.2, 0.25) is 0 Å². The molecule has 1 heterocycles. The summed E-state index contributed by atoms with van der Waals surface area (Å²) in [5.41, 5.74) is 0. The number of hydrogen-bond donors (Lipinski definition) is 4. The molecule has 0 aliphatic carbocycles. The first-order chi connectivity index (χ1) is 21.5. The second-order valence-corrected chi connectivity index (χ2v) is 11.1. The molecule has 0 radical (unpaired) electrons. The first-order valence-electron chi connectivity index (χ1n) is 14.1. The van der Waals surface area contributed by atoms with Gasteiger partial charge in [0, 0.05) is 13.0 Å². The fraction of sp³-hybridized carbons (Fsp3) is 1.00. The number of aliphatic hydroxyl groups excluding tert-OH is 4. The van der Waals surface area contributed by atoms with E-state index < -0.39 is 104 Å². The normalized spacial score (nSPS) is 24.3. The average Bonchev–Trinajstić information content (AvgIpc) is 2.96. The van der Waals surface area contributed by atoms with Crippen LogP contribution in [0.2, 0.25) is 0 Å². The Morgan fingerprint density at radius 1 is 0.458 bits per heavy atom. The Balaban J connectivity index is 2.56. The summed E-state index contributed by atoms with van der Waals surface area (Å²) in [4.78, 5) is 0. The molecule has 6 nitrogen and oxygen atoms in total. The molecule has 1 aliphatic heterocycles. The molecule has 0 spiro atoms. The highest BCUT2D eigenvalue weighted by Crippen LogP contribution is 2.64. The molecule has 0 aromatic carbocycles. The van der Waals surface area contributed by atoms with Crippen LogP contribution >= 0.6 is 0 Å². The van der Waals surface area contributed by atoms with E-state index in [0.717, 1.165) is 0 Å². The number of hydrogen-bond acceptors (Lipinski definition) is 6. The van der Waals surface area contributed by atoms with E-state index in [0.29, 0.717) is 32.1 Å². The Bertz CT molecular complexity index is 993. The maximum atomic E-state index is 13.9. The summed E-state index contributed by atoms with van der Waals surface area (Å²) in [6.07, 6.45) is -16.6. The quantitative estimate of drug-likeness (QED) is 0.0816. The minimum Gasteiger partial charge on any atom is -0.394 e. The van der Waals surface area contributed by atoms with E-state index in [4.69, 9.17) is 14.6 Å². The van der Waals surface area contributed by atoms with E-state index in [-0.39, 0.29) is 19.4 Å². The minimum absolute atomic E-state index is 0.0205. The van der Waals surface area contributed by atoms with Gasteiger partial charge in [-0.05, 0) is 12.8 Å². The molecule has 5 atom stereocenters. The van der Waals surface area contributed by atoms with Crippen LogP contribution in [0.1, 0.15) is 64.2 Å². The van der Waals surface area contributed by atoms with E-state index >= 15 is 0 Å². The van der Waals surface area contributed by atoms with Crippen LogP contribution in [0.3, 0.4) is 0 Å². The van der Waals surface area contributed by atoms with E-state index in [1.165, 1.54) is 0 Å². The highest BCUT2D eigenvalue weighted by Gasteiger charge is 2.95. The molecule has 48 heavy (non-hydrogen) atoms. The SMILES string of the molecule is OC[C@H]1O[C@@H](OCCCCCCCCCCCC(F)(F)C(F)(F)C(F)(F)C(F)(F)C(F)(F)C(F)(F)C(F)(F)C(F)(F)F)[C@H](O)[C@@H](O)[C@@H]1O. The monoisotopic (exact) mass is 752 g/mol. The van der Waals surface area contributed by atoms with Gasteiger partial charge in [-0.15, -0.1) is 0 Å². The topological polar surface area (TPSA) is 99.4 Å². The van der Waals surface area contributed by atoms with Crippen LogP contribution < -0.4 is 0 Å². The molecule has 288 valence electrons. The van der Waals surface area contributed by atoms with Crippen molar-refractivity contribution in [3.63, 3.8) is 0 Å². The van der Waals surface area contributed by atoms with E-state index in [1.807, 2.05) is 0 Å². The van der Waals surface area contributed by atoms with Crippen LogP contribution in [0.25, 0.3) is 0 Å². The van der Waals surface area contributed by atoms with Crippen molar-refractivity contribution in [2.45, 2.75) is 143 Å². The van der Waals surface area contributed by atoms with Gasteiger partial charge in [-0.3, -0.25) is 0 Å². The smallest absolute Gasteiger partial charge is 0.394 e. The zero-order chi connectivity index (χ0) is 37.8. The first-order valence-corrected chi connectivity index (χ1v) is 14.1. The summed E-state index contributed by atoms with van der Waals surface area (Å²) >= 11 is 0. The average molecular weight is 752 g/mol. The summed E-state index contributed by atoms with van der Waals surface area (Å²) in [5, 5.41) is 38.3. The van der Waals surface area contributed by atoms with E-state index in [2.05, 4.69) is 0 Å². The third-order valence-corrected chi connectivity index (χ3v) is 7.55. The Labute approximate surface area is 261 Å². The van der Waals surface area contributed by atoms with E-state index in [1.54, 1.807) is 0 Å². The van der Waals surface area contributed by atoms with Crippen molar-refractivity contribution in [1.29, 1.82) is 0 Å². The molecule has 1 saturated heterocycles. The van der Waals surface area contributed by atoms with Crippen molar-refractivity contribution in [1.82, 2.24) is 0 Å². The van der Waals surface area contributed by atoms with Gasteiger partial charge in [0.25, 0.3) is 0 Å². The molecule has 23 heteroatoms. The molecule has 4 N–H and O–H groups in total. The van der Waals surface area contributed by atoms with Gasteiger partial charge < -0.3 is 29.9 Å². The van der Waals surface area contributed by atoms with Crippen LogP contribution in [0.5, 0.6) is 0 Å². The predicted molar refractivity (Wildman–Crippen MR) is 127 cm³/mol. The summed E-state index contributed by atoms with van der Waals surface area (Å²) in [6, 6.07) is 0. The van der Waals surface area contributed by atoms with Crippen LogP contribution in [-0.4, -0.2) is 112 Å². The molecule has 0 unspecified atom stereocenters. The maximum absolute atomic E-state index is 13.9. The molecule has 1 fully saturated rings. The maximum Gasteiger partial charge on any atom is 0.460 e. The summed E-state index contributed by atoms with van der Waals surface area (Å²) < 4.78 is 237. The van der Waals surface area contributed by atoms with Crippen molar-refractivity contribution in [2.24, 2.45) is 0 Å². The van der Waals surface area contributed by atoms with Crippen molar-refractivity contribution in [2.75, 3.05) is 13.2 Å². The number of alkyl halides is 17. The van der Waals surface area contributed by atoms with Crippen molar-refractivity contribution in [3.8, 4) is 0 Å². The lowest BCUT2D eigenvalue weighted by Crippen LogP contribution is -2.74. The Morgan fingerprint density at radius 2 is 0.833 bits per heavy atom. The van der Waals surface area contributed by atoms with E-state index in [9.17, 15) is 90.0 Å². The Morgan fingerprint density at radius 3 is 1.25 bits per heavy atom. The van der Waals surface area contributed by atoms with Gasteiger partial charge in [-0.1, -0.05) is 44.9 Å². The molecule has 1 aliphatic rings. The molecule has 0 amide bonds. The van der Waals surface area contributed by atoms with Gasteiger partial charge in [-0.25, -0.2) is 0 Å². The second kappa shape index (κ2) is 15.9. The van der Waals surface area contributed by atoms with Gasteiger partial charge in [0.15, 0.2) is 6.29 Å². The zero-order valence-electron chi connectivity index (χ0n) is 24.4. The van der Waals surface area contributed by atoms with Crippen molar-refractivity contribution in [3.05, 3.63) is 0 Å². The van der Waals surface area contributed by atoms with Gasteiger partial charge in [-0.2, -0.15) is 74.6 Å². The number of unbranched alkanes of at least 4 members (excludes halogenated alkanes) is 8. The van der Waals surface area contributed by atoms with Gasteiger partial charge >= 0.3 is 47.6 Å². The van der Waals surface area contributed by atoms with Crippen molar-refractivity contribution >= 4 is 0 Å². The number of halogens is 17. The van der Waals surface area contributed by atoms with Crippen molar-refractivity contribution < 1.29 is 105 Å². The van der Waals surface area contributed by atoms with Crippen LogP contribution in [0, 0.1) is 0 Å². The molecular formula is C25H33F17O6.